The largest absolute Gasteiger partial charge is 0.352 e. The Labute approximate surface area is 239 Å². The van der Waals surface area contributed by atoms with Crippen molar-refractivity contribution >= 4 is 27.5 Å². The molecular formula is C32H41N3O4S. The second kappa shape index (κ2) is 13.6. The predicted octanol–water partition coefficient (Wildman–Crippen LogP) is 5.53. The second-order valence-electron chi connectivity index (χ2n) is 10.4. The molecule has 0 aliphatic heterocycles. The first-order valence-electron chi connectivity index (χ1n) is 13.8. The minimum absolute atomic E-state index is 0.0522. The van der Waals surface area contributed by atoms with Crippen LogP contribution >= 0.6 is 0 Å². The summed E-state index contributed by atoms with van der Waals surface area (Å²) < 4.78 is 29.0. The molecule has 40 heavy (non-hydrogen) atoms. The Kier molecular flexibility index (Phi) is 10.5. The molecule has 0 saturated heterocycles. The number of nitrogens with one attached hydrogen (secondary N) is 1. The molecule has 0 saturated carbocycles. The summed E-state index contributed by atoms with van der Waals surface area (Å²) in [5.74, 6) is -0.704. The first-order chi connectivity index (χ1) is 19.0. The Morgan fingerprint density at radius 2 is 1.43 bits per heavy atom. The molecule has 0 fully saturated rings. The summed E-state index contributed by atoms with van der Waals surface area (Å²) in [5, 5.41) is 3.00. The summed E-state index contributed by atoms with van der Waals surface area (Å²) >= 11 is 0. The van der Waals surface area contributed by atoms with Crippen LogP contribution < -0.4 is 9.62 Å². The van der Waals surface area contributed by atoms with Crippen LogP contribution in [0.15, 0.2) is 77.7 Å². The lowest BCUT2D eigenvalue weighted by Gasteiger charge is -2.33. The maximum absolute atomic E-state index is 14.1. The molecular weight excluding hydrogens is 522 g/mol. The molecule has 0 bridgehead atoms. The van der Waals surface area contributed by atoms with Crippen LogP contribution in [0.3, 0.4) is 0 Å². The fourth-order valence-corrected chi connectivity index (χ4v) is 5.81. The van der Waals surface area contributed by atoms with Crippen molar-refractivity contribution in [2.24, 2.45) is 0 Å². The van der Waals surface area contributed by atoms with Gasteiger partial charge in [0, 0.05) is 12.6 Å². The van der Waals surface area contributed by atoms with E-state index in [1.165, 1.54) is 4.90 Å². The predicted molar refractivity (Wildman–Crippen MR) is 161 cm³/mol. The lowest BCUT2D eigenvalue weighted by atomic mass is 10.1. The minimum atomic E-state index is -4.09. The van der Waals surface area contributed by atoms with E-state index in [-0.39, 0.29) is 23.4 Å². The van der Waals surface area contributed by atoms with Crippen molar-refractivity contribution < 1.29 is 18.0 Å². The van der Waals surface area contributed by atoms with Crippen LogP contribution in [-0.2, 0) is 26.2 Å². The van der Waals surface area contributed by atoms with Gasteiger partial charge in [-0.15, -0.1) is 0 Å². The Bertz CT molecular complexity index is 1400. The van der Waals surface area contributed by atoms with Crippen LogP contribution in [0.25, 0.3) is 0 Å². The van der Waals surface area contributed by atoms with Crippen molar-refractivity contribution in [3.8, 4) is 0 Å². The highest BCUT2D eigenvalue weighted by Gasteiger charge is 2.34. The first kappa shape index (κ1) is 30.9. The highest BCUT2D eigenvalue weighted by Crippen LogP contribution is 2.26. The maximum atomic E-state index is 14.1. The number of hydrogen-bond acceptors (Lipinski definition) is 4. The molecule has 7 nitrogen and oxygen atoms in total. The molecule has 0 spiro atoms. The van der Waals surface area contributed by atoms with Crippen LogP contribution in [0.4, 0.5) is 5.69 Å². The lowest BCUT2D eigenvalue weighted by molar-refractivity contribution is -0.140. The second-order valence-corrected chi connectivity index (χ2v) is 12.3. The monoisotopic (exact) mass is 563 g/mol. The molecule has 2 atom stereocenters. The Morgan fingerprint density at radius 1 is 0.825 bits per heavy atom. The number of sulfonamides is 1. The Balaban J connectivity index is 2.05. The normalized spacial score (nSPS) is 12.8. The van der Waals surface area contributed by atoms with Gasteiger partial charge in [-0.25, -0.2) is 8.42 Å². The number of carbonyl (C=O) groups excluding carboxylic acids is 2. The third kappa shape index (κ3) is 7.72. The average Bonchev–Trinajstić information content (AvgIpc) is 2.92. The van der Waals surface area contributed by atoms with Crippen LogP contribution in [-0.4, -0.2) is 43.8 Å². The zero-order valence-corrected chi connectivity index (χ0v) is 25.2. The van der Waals surface area contributed by atoms with E-state index >= 15 is 0 Å². The zero-order valence-electron chi connectivity index (χ0n) is 24.3. The van der Waals surface area contributed by atoms with Crippen molar-refractivity contribution in [1.82, 2.24) is 10.2 Å². The van der Waals surface area contributed by atoms with Gasteiger partial charge in [-0.2, -0.15) is 0 Å². The number of benzene rings is 3. The van der Waals surface area contributed by atoms with E-state index in [0.717, 1.165) is 33.0 Å². The number of aryl methyl sites for hydroxylation is 3. The first-order valence-corrected chi connectivity index (χ1v) is 15.2. The highest BCUT2D eigenvalue weighted by molar-refractivity contribution is 7.92. The summed E-state index contributed by atoms with van der Waals surface area (Å²) in [6, 6.07) is 20.6. The quantitative estimate of drug-likeness (QED) is 0.314. The van der Waals surface area contributed by atoms with Gasteiger partial charge in [0.25, 0.3) is 10.0 Å². The molecule has 0 radical (unpaired) electrons. The molecule has 0 aromatic heterocycles. The Hall–Kier alpha value is -3.65. The van der Waals surface area contributed by atoms with Gasteiger partial charge in [0.1, 0.15) is 12.6 Å². The molecule has 0 unspecified atom stereocenters. The van der Waals surface area contributed by atoms with E-state index in [1.807, 2.05) is 71.9 Å². The van der Waals surface area contributed by atoms with Gasteiger partial charge in [0.2, 0.25) is 11.8 Å². The molecule has 0 aliphatic carbocycles. The summed E-state index contributed by atoms with van der Waals surface area (Å²) in [7, 11) is -4.09. The zero-order chi connectivity index (χ0) is 29.4. The third-order valence-electron chi connectivity index (χ3n) is 7.04. The smallest absolute Gasteiger partial charge is 0.264 e. The lowest BCUT2D eigenvalue weighted by Crippen LogP contribution is -2.53. The highest BCUT2D eigenvalue weighted by atomic mass is 32.2. The van der Waals surface area contributed by atoms with Gasteiger partial charge in [-0.1, -0.05) is 73.5 Å². The van der Waals surface area contributed by atoms with Gasteiger partial charge in [-0.05, 0) is 75.9 Å². The van der Waals surface area contributed by atoms with Crippen molar-refractivity contribution in [3.05, 3.63) is 95.1 Å². The van der Waals surface area contributed by atoms with Crippen LogP contribution in [0, 0.1) is 20.8 Å². The summed E-state index contributed by atoms with van der Waals surface area (Å²) in [4.78, 5) is 29.1. The standard InChI is InChI=1S/C32H41N3O4S/c1-7-26(6)33-32(37)30(8-2)34(21-27-16-12-23(3)13-17-27)31(36)22-35(28-11-9-10-25(5)20-28)40(38,39)29-18-14-24(4)15-19-29/h9-20,26,30H,7-8,21-22H2,1-6H3,(H,33,37)/t26-,30-/m1/s1. The summed E-state index contributed by atoms with van der Waals surface area (Å²) in [6.07, 6.45) is 1.14. The van der Waals surface area contributed by atoms with Crippen molar-refractivity contribution in [2.75, 3.05) is 10.8 Å². The van der Waals surface area contributed by atoms with Gasteiger partial charge in [0.15, 0.2) is 0 Å². The van der Waals surface area contributed by atoms with Crippen LogP contribution in [0.5, 0.6) is 0 Å². The number of amides is 2. The number of hydrogen-bond donors (Lipinski definition) is 1. The molecule has 214 valence electrons. The topological polar surface area (TPSA) is 86.8 Å². The number of anilines is 1. The number of nitrogens with zero attached hydrogens (tertiary/aromatic N) is 2. The van der Waals surface area contributed by atoms with E-state index < -0.39 is 28.5 Å². The van der Waals surface area contributed by atoms with E-state index in [2.05, 4.69) is 5.32 Å². The van der Waals surface area contributed by atoms with Gasteiger partial charge < -0.3 is 10.2 Å². The molecule has 3 aromatic carbocycles. The molecule has 0 aliphatic rings. The van der Waals surface area contributed by atoms with Crippen LogP contribution in [0.2, 0.25) is 0 Å². The van der Waals surface area contributed by atoms with E-state index in [4.69, 9.17) is 0 Å². The third-order valence-corrected chi connectivity index (χ3v) is 8.83. The number of rotatable bonds is 12. The van der Waals surface area contributed by atoms with Crippen LogP contribution in [0.1, 0.15) is 55.9 Å². The minimum Gasteiger partial charge on any atom is -0.352 e. The van der Waals surface area contributed by atoms with Crippen molar-refractivity contribution in [2.45, 2.75) is 77.9 Å². The maximum Gasteiger partial charge on any atom is 0.264 e. The molecule has 0 heterocycles. The summed E-state index contributed by atoms with van der Waals surface area (Å²) in [5.41, 5.74) is 4.13. The van der Waals surface area contributed by atoms with Gasteiger partial charge >= 0.3 is 0 Å². The summed E-state index contributed by atoms with van der Waals surface area (Å²) in [6.45, 7) is 11.2. The SMILES string of the molecule is CC[C@@H](C)NC(=O)[C@@H](CC)N(Cc1ccc(C)cc1)C(=O)CN(c1cccc(C)c1)S(=O)(=O)c1ccc(C)cc1. The number of carbonyl (C=O) groups is 2. The molecule has 3 rings (SSSR count). The van der Waals surface area contributed by atoms with Crippen molar-refractivity contribution in [1.29, 1.82) is 0 Å². The average molecular weight is 564 g/mol. The Morgan fingerprint density at radius 3 is 1.98 bits per heavy atom. The van der Waals surface area contributed by atoms with Crippen molar-refractivity contribution in [3.63, 3.8) is 0 Å². The van der Waals surface area contributed by atoms with Gasteiger partial charge in [0.05, 0.1) is 10.6 Å². The fraction of sp³-hybridized carbons (Fsp3) is 0.375. The van der Waals surface area contributed by atoms with E-state index in [0.29, 0.717) is 12.1 Å². The van der Waals surface area contributed by atoms with Gasteiger partial charge in [-0.3, -0.25) is 13.9 Å². The molecule has 1 N–H and O–H groups in total. The fourth-order valence-electron chi connectivity index (χ4n) is 4.40. The van der Waals surface area contributed by atoms with E-state index in [1.54, 1.807) is 42.5 Å². The molecule has 8 heteroatoms. The molecule has 3 aromatic rings. The molecule has 2 amide bonds. The van der Waals surface area contributed by atoms with E-state index in [9.17, 15) is 18.0 Å².